The molecule has 0 aromatic heterocycles. The van der Waals surface area contributed by atoms with Crippen LogP contribution in [-0.2, 0) is 12.4 Å². The predicted octanol–water partition coefficient (Wildman–Crippen LogP) is 5.94. The van der Waals surface area contributed by atoms with Gasteiger partial charge in [-0.3, -0.25) is 4.79 Å². The molecular weight excluding hydrogens is 372 g/mol. The van der Waals surface area contributed by atoms with E-state index in [1.54, 1.807) is 6.92 Å². The fourth-order valence-corrected chi connectivity index (χ4v) is 2.27. The molecule has 2 aromatic carbocycles. The molecule has 2 rings (SSSR count). The summed E-state index contributed by atoms with van der Waals surface area (Å²) in [5.74, 6) is -1.10. The third-order valence-electron chi connectivity index (χ3n) is 3.29. The molecule has 0 radical (unpaired) electrons. The van der Waals surface area contributed by atoms with E-state index in [9.17, 15) is 31.1 Å². The highest BCUT2D eigenvalue weighted by Crippen LogP contribution is 2.36. The van der Waals surface area contributed by atoms with E-state index in [1.165, 1.54) is 18.2 Å². The van der Waals surface area contributed by atoms with Crippen LogP contribution in [0.25, 0.3) is 0 Å². The van der Waals surface area contributed by atoms with Crippen LogP contribution in [0.1, 0.15) is 27.0 Å². The van der Waals surface area contributed by atoms with E-state index in [2.05, 4.69) is 5.32 Å². The van der Waals surface area contributed by atoms with Gasteiger partial charge in [0.1, 0.15) is 0 Å². The van der Waals surface area contributed by atoms with Crippen molar-refractivity contribution in [3.63, 3.8) is 0 Å². The normalized spacial score (nSPS) is 12.2. The van der Waals surface area contributed by atoms with Crippen molar-refractivity contribution in [2.75, 3.05) is 5.32 Å². The Morgan fingerprint density at radius 2 is 1.44 bits per heavy atom. The molecule has 0 unspecified atom stereocenters. The number of halogens is 7. The lowest BCUT2D eigenvalue weighted by Crippen LogP contribution is -2.17. The van der Waals surface area contributed by atoms with E-state index in [-0.39, 0.29) is 11.8 Å². The number of benzene rings is 2. The van der Waals surface area contributed by atoms with E-state index in [1.807, 2.05) is 0 Å². The SMILES string of the molecule is Cc1cc(Cl)ccc1NC(=O)c1cc(C(F)(F)F)cc(C(F)(F)F)c1. The first-order chi connectivity index (χ1) is 11.4. The highest BCUT2D eigenvalue weighted by molar-refractivity contribution is 6.30. The Hall–Kier alpha value is -2.22. The van der Waals surface area contributed by atoms with Gasteiger partial charge in [-0.25, -0.2) is 0 Å². The smallest absolute Gasteiger partial charge is 0.322 e. The molecule has 134 valence electrons. The minimum atomic E-state index is -5.02. The zero-order valence-electron chi connectivity index (χ0n) is 12.5. The number of hydrogen-bond donors (Lipinski definition) is 1. The summed E-state index contributed by atoms with van der Waals surface area (Å²) in [4.78, 5) is 12.1. The Morgan fingerprint density at radius 3 is 1.88 bits per heavy atom. The molecule has 1 N–H and O–H groups in total. The van der Waals surface area contributed by atoms with Crippen LogP contribution < -0.4 is 5.32 Å². The summed E-state index contributed by atoms with van der Waals surface area (Å²) in [5.41, 5.74) is -3.14. The summed E-state index contributed by atoms with van der Waals surface area (Å²) >= 11 is 5.75. The van der Waals surface area contributed by atoms with Crippen molar-refractivity contribution in [3.8, 4) is 0 Å². The number of carbonyl (C=O) groups is 1. The third-order valence-corrected chi connectivity index (χ3v) is 3.52. The van der Waals surface area contributed by atoms with Crippen LogP contribution in [0.15, 0.2) is 36.4 Å². The first-order valence-corrected chi connectivity index (χ1v) is 7.13. The van der Waals surface area contributed by atoms with E-state index in [0.29, 0.717) is 22.7 Å². The fraction of sp³-hybridized carbons (Fsp3) is 0.188. The number of carbonyl (C=O) groups excluding carboxylic acids is 1. The van der Waals surface area contributed by atoms with E-state index >= 15 is 0 Å². The molecule has 0 bridgehead atoms. The lowest BCUT2D eigenvalue weighted by molar-refractivity contribution is -0.143. The number of alkyl halides is 6. The first-order valence-electron chi connectivity index (χ1n) is 6.75. The number of amides is 1. The molecule has 0 spiro atoms. The Labute approximate surface area is 143 Å². The summed E-state index contributed by atoms with van der Waals surface area (Å²) in [7, 11) is 0. The Kier molecular flexibility index (Phi) is 5.04. The number of rotatable bonds is 2. The summed E-state index contributed by atoms with van der Waals surface area (Å²) < 4.78 is 76.9. The maximum atomic E-state index is 12.8. The third kappa shape index (κ3) is 4.66. The van der Waals surface area contributed by atoms with Crippen molar-refractivity contribution in [1.82, 2.24) is 0 Å². The zero-order chi connectivity index (χ0) is 19.0. The number of hydrogen-bond acceptors (Lipinski definition) is 1. The van der Waals surface area contributed by atoms with Crippen LogP contribution in [0.5, 0.6) is 0 Å². The van der Waals surface area contributed by atoms with Crippen LogP contribution in [0, 0.1) is 6.92 Å². The van der Waals surface area contributed by atoms with Gasteiger partial charge in [0.2, 0.25) is 0 Å². The minimum absolute atomic E-state index is 0.0374. The molecule has 25 heavy (non-hydrogen) atoms. The summed E-state index contributed by atoms with van der Waals surface area (Å²) in [5, 5.41) is 2.65. The van der Waals surface area contributed by atoms with Crippen LogP contribution in [0.4, 0.5) is 32.0 Å². The van der Waals surface area contributed by atoms with Crippen LogP contribution in [-0.4, -0.2) is 5.91 Å². The van der Waals surface area contributed by atoms with Gasteiger partial charge >= 0.3 is 12.4 Å². The standard InChI is InChI=1S/C16H10ClF6NO/c1-8-4-12(17)2-3-13(8)24-14(25)9-5-10(15(18,19)20)7-11(6-9)16(21,22)23/h2-7H,1H3,(H,24,25). The molecule has 0 atom stereocenters. The van der Waals surface area contributed by atoms with E-state index < -0.39 is 35.0 Å². The predicted molar refractivity (Wildman–Crippen MR) is 80.6 cm³/mol. The van der Waals surface area contributed by atoms with Gasteiger partial charge in [0.05, 0.1) is 11.1 Å². The van der Waals surface area contributed by atoms with Gasteiger partial charge in [0, 0.05) is 16.3 Å². The fourth-order valence-electron chi connectivity index (χ4n) is 2.05. The molecule has 1 amide bonds. The molecule has 0 aliphatic heterocycles. The second-order valence-electron chi connectivity index (χ2n) is 5.21. The van der Waals surface area contributed by atoms with Gasteiger partial charge in [-0.15, -0.1) is 0 Å². The lowest BCUT2D eigenvalue weighted by atomic mass is 10.0. The van der Waals surface area contributed by atoms with Crippen LogP contribution >= 0.6 is 11.6 Å². The summed E-state index contributed by atoms with van der Waals surface area (Å²) in [6.45, 7) is 1.58. The molecular formula is C16H10ClF6NO. The molecule has 2 nitrogen and oxygen atoms in total. The summed E-state index contributed by atoms with van der Waals surface area (Å²) in [6, 6.07) is 5.02. The number of nitrogens with one attached hydrogen (secondary N) is 1. The van der Waals surface area contributed by atoms with Crippen molar-refractivity contribution in [2.24, 2.45) is 0 Å². The summed E-state index contributed by atoms with van der Waals surface area (Å²) in [6.07, 6.45) is -10.0. The highest BCUT2D eigenvalue weighted by atomic mass is 35.5. The van der Waals surface area contributed by atoms with Crippen LogP contribution in [0.2, 0.25) is 5.02 Å². The highest BCUT2D eigenvalue weighted by Gasteiger charge is 2.37. The van der Waals surface area contributed by atoms with Crippen molar-refractivity contribution >= 4 is 23.2 Å². The maximum absolute atomic E-state index is 12.8. The average molecular weight is 382 g/mol. The first kappa shape index (κ1) is 19.1. The van der Waals surface area contributed by atoms with Gasteiger partial charge in [0.15, 0.2) is 0 Å². The minimum Gasteiger partial charge on any atom is -0.322 e. The van der Waals surface area contributed by atoms with Crippen molar-refractivity contribution < 1.29 is 31.1 Å². The molecule has 0 saturated heterocycles. The molecule has 0 heterocycles. The Balaban J connectivity index is 2.44. The molecule has 2 aromatic rings. The van der Waals surface area contributed by atoms with Crippen molar-refractivity contribution in [3.05, 3.63) is 63.7 Å². The van der Waals surface area contributed by atoms with Gasteiger partial charge in [-0.2, -0.15) is 26.3 Å². The van der Waals surface area contributed by atoms with Gasteiger partial charge in [-0.05, 0) is 48.9 Å². The number of anilines is 1. The quantitative estimate of drug-likeness (QED) is 0.641. The van der Waals surface area contributed by atoms with Crippen molar-refractivity contribution in [2.45, 2.75) is 19.3 Å². The van der Waals surface area contributed by atoms with Gasteiger partial charge in [0.25, 0.3) is 5.91 Å². The lowest BCUT2D eigenvalue weighted by Gasteiger charge is -2.14. The van der Waals surface area contributed by atoms with Crippen molar-refractivity contribution in [1.29, 1.82) is 0 Å². The average Bonchev–Trinajstić information content (AvgIpc) is 2.47. The maximum Gasteiger partial charge on any atom is 0.416 e. The molecule has 0 saturated carbocycles. The largest absolute Gasteiger partial charge is 0.416 e. The molecule has 9 heteroatoms. The second kappa shape index (κ2) is 6.59. The number of aryl methyl sites for hydroxylation is 1. The second-order valence-corrected chi connectivity index (χ2v) is 5.64. The van der Waals surface area contributed by atoms with Gasteiger partial charge in [-0.1, -0.05) is 11.6 Å². The molecule has 0 fully saturated rings. The Bertz CT molecular complexity index is 781. The molecule has 0 aliphatic rings. The van der Waals surface area contributed by atoms with Crippen LogP contribution in [0.3, 0.4) is 0 Å². The van der Waals surface area contributed by atoms with E-state index in [4.69, 9.17) is 11.6 Å². The monoisotopic (exact) mass is 381 g/mol. The topological polar surface area (TPSA) is 29.1 Å². The van der Waals surface area contributed by atoms with E-state index in [0.717, 1.165) is 0 Å². The zero-order valence-corrected chi connectivity index (χ0v) is 13.3. The molecule has 0 aliphatic carbocycles. The van der Waals surface area contributed by atoms with Gasteiger partial charge < -0.3 is 5.32 Å². The Morgan fingerprint density at radius 1 is 0.920 bits per heavy atom.